The standard InChI is InChI=1S/C12H25NO2/c1-10(2)5-6-13-7-12(14)9-15-8-11-3-4-11/h10-14H,3-9H2,1-2H3. The lowest BCUT2D eigenvalue weighted by Gasteiger charge is -2.12. The molecule has 1 aliphatic carbocycles. The van der Waals surface area contributed by atoms with Crippen LogP contribution in [0.2, 0.25) is 0 Å². The van der Waals surface area contributed by atoms with Gasteiger partial charge in [-0.05, 0) is 37.6 Å². The monoisotopic (exact) mass is 215 g/mol. The molecule has 0 radical (unpaired) electrons. The predicted octanol–water partition coefficient (Wildman–Crippen LogP) is 1.41. The fourth-order valence-electron chi connectivity index (χ4n) is 1.37. The zero-order valence-corrected chi connectivity index (χ0v) is 10.0. The molecule has 0 amide bonds. The van der Waals surface area contributed by atoms with E-state index in [9.17, 15) is 5.11 Å². The Labute approximate surface area is 93.2 Å². The third kappa shape index (κ3) is 7.77. The maximum Gasteiger partial charge on any atom is 0.0897 e. The Hall–Kier alpha value is -0.120. The molecule has 1 saturated carbocycles. The van der Waals surface area contributed by atoms with Crippen LogP contribution in [0.15, 0.2) is 0 Å². The molecule has 0 aromatic carbocycles. The summed E-state index contributed by atoms with van der Waals surface area (Å²) in [6.45, 7) is 7.36. The van der Waals surface area contributed by atoms with Crippen LogP contribution in [0.25, 0.3) is 0 Å². The fraction of sp³-hybridized carbons (Fsp3) is 1.00. The maximum absolute atomic E-state index is 9.56. The Kier molecular flexibility index (Phi) is 6.22. The lowest BCUT2D eigenvalue weighted by Crippen LogP contribution is -2.31. The molecule has 0 aromatic heterocycles. The number of nitrogens with one attached hydrogen (secondary N) is 1. The van der Waals surface area contributed by atoms with E-state index in [0.717, 1.165) is 31.4 Å². The number of aliphatic hydroxyl groups is 1. The molecule has 3 heteroatoms. The molecule has 1 aliphatic rings. The van der Waals surface area contributed by atoms with Crippen LogP contribution in [-0.4, -0.2) is 37.5 Å². The van der Waals surface area contributed by atoms with Crippen molar-refractivity contribution < 1.29 is 9.84 Å². The lowest BCUT2D eigenvalue weighted by atomic mass is 10.1. The minimum Gasteiger partial charge on any atom is -0.389 e. The molecule has 15 heavy (non-hydrogen) atoms. The highest BCUT2D eigenvalue weighted by Gasteiger charge is 2.21. The van der Waals surface area contributed by atoms with Crippen LogP contribution in [0.5, 0.6) is 0 Å². The molecule has 0 aliphatic heterocycles. The molecule has 90 valence electrons. The van der Waals surface area contributed by atoms with Gasteiger partial charge in [0.05, 0.1) is 12.7 Å². The Bertz CT molecular complexity index is 158. The van der Waals surface area contributed by atoms with E-state index in [1.165, 1.54) is 12.8 Å². The average Bonchev–Trinajstić information content (AvgIpc) is 2.96. The van der Waals surface area contributed by atoms with E-state index in [-0.39, 0.29) is 6.10 Å². The van der Waals surface area contributed by atoms with Gasteiger partial charge in [-0.25, -0.2) is 0 Å². The summed E-state index contributed by atoms with van der Waals surface area (Å²) in [6, 6.07) is 0. The fourth-order valence-corrected chi connectivity index (χ4v) is 1.37. The van der Waals surface area contributed by atoms with E-state index >= 15 is 0 Å². The van der Waals surface area contributed by atoms with Crippen LogP contribution in [0.4, 0.5) is 0 Å². The molecule has 1 fully saturated rings. The smallest absolute Gasteiger partial charge is 0.0897 e. The summed E-state index contributed by atoms with van der Waals surface area (Å²) in [7, 11) is 0. The first kappa shape index (κ1) is 12.9. The highest BCUT2D eigenvalue weighted by molar-refractivity contribution is 4.72. The summed E-state index contributed by atoms with van der Waals surface area (Å²) in [5, 5.41) is 12.8. The lowest BCUT2D eigenvalue weighted by molar-refractivity contribution is 0.0325. The van der Waals surface area contributed by atoms with Gasteiger partial charge in [-0.15, -0.1) is 0 Å². The third-order valence-corrected chi connectivity index (χ3v) is 2.64. The number of ether oxygens (including phenoxy) is 1. The molecule has 0 saturated heterocycles. The number of hydrogen-bond acceptors (Lipinski definition) is 3. The quantitative estimate of drug-likeness (QED) is 0.571. The Balaban J connectivity index is 1.81. The largest absolute Gasteiger partial charge is 0.389 e. The minimum atomic E-state index is -0.351. The Morgan fingerprint density at radius 1 is 1.40 bits per heavy atom. The van der Waals surface area contributed by atoms with Crippen molar-refractivity contribution in [3.8, 4) is 0 Å². The van der Waals surface area contributed by atoms with Gasteiger partial charge < -0.3 is 15.2 Å². The molecular formula is C12H25NO2. The topological polar surface area (TPSA) is 41.5 Å². The van der Waals surface area contributed by atoms with Crippen molar-refractivity contribution in [2.45, 2.75) is 39.2 Å². The Morgan fingerprint density at radius 2 is 2.13 bits per heavy atom. The number of rotatable bonds is 9. The van der Waals surface area contributed by atoms with Gasteiger partial charge in [0, 0.05) is 13.2 Å². The van der Waals surface area contributed by atoms with Gasteiger partial charge in [-0.1, -0.05) is 13.8 Å². The second-order valence-electron chi connectivity index (χ2n) is 5.02. The van der Waals surface area contributed by atoms with E-state index < -0.39 is 0 Å². The van der Waals surface area contributed by atoms with Crippen molar-refractivity contribution >= 4 is 0 Å². The van der Waals surface area contributed by atoms with Gasteiger partial charge in [0.15, 0.2) is 0 Å². The maximum atomic E-state index is 9.56. The molecule has 0 heterocycles. The van der Waals surface area contributed by atoms with E-state index in [0.29, 0.717) is 13.2 Å². The molecule has 1 rings (SSSR count). The van der Waals surface area contributed by atoms with Crippen molar-refractivity contribution in [3.63, 3.8) is 0 Å². The highest BCUT2D eigenvalue weighted by atomic mass is 16.5. The summed E-state index contributed by atoms with van der Waals surface area (Å²) in [5.74, 6) is 1.51. The summed E-state index contributed by atoms with van der Waals surface area (Å²) in [6.07, 6.45) is 3.43. The van der Waals surface area contributed by atoms with Crippen molar-refractivity contribution in [2.24, 2.45) is 11.8 Å². The molecule has 3 nitrogen and oxygen atoms in total. The normalized spacial score (nSPS) is 18.4. The molecule has 1 unspecified atom stereocenters. The van der Waals surface area contributed by atoms with Gasteiger partial charge in [0.25, 0.3) is 0 Å². The van der Waals surface area contributed by atoms with E-state index in [1.54, 1.807) is 0 Å². The van der Waals surface area contributed by atoms with Crippen LogP contribution >= 0.6 is 0 Å². The first-order valence-corrected chi connectivity index (χ1v) is 6.15. The molecule has 1 atom stereocenters. The van der Waals surface area contributed by atoms with Crippen molar-refractivity contribution in [1.82, 2.24) is 5.32 Å². The van der Waals surface area contributed by atoms with Gasteiger partial charge in [0.1, 0.15) is 0 Å². The number of aliphatic hydroxyl groups excluding tert-OH is 1. The first-order chi connectivity index (χ1) is 7.18. The Morgan fingerprint density at radius 3 is 2.73 bits per heavy atom. The molecule has 2 N–H and O–H groups in total. The van der Waals surface area contributed by atoms with Crippen LogP contribution in [0.3, 0.4) is 0 Å². The van der Waals surface area contributed by atoms with E-state index in [2.05, 4.69) is 19.2 Å². The molecular weight excluding hydrogens is 190 g/mol. The first-order valence-electron chi connectivity index (χ1n) is 6.15. The molecule has 0 spiro atoms. The van der Waals surface area contributed by atoms with Gasteiger partial charge >= 0.3 is 0 Å². The number of hydrogen-bond donors (Lipinski definition) is 2. The summed E-state index contributed by atoms with van der Waals surface area (Å²) >= 11 is 0. The van der Waals surface area contributed by atoms with E-state index in [4.69, 9.17) is 4.74 Å². The predicted molar refractivity (Wildman–Crippen MR) is 61.9 cm³/mol. The second kappa shape index (κ2) is 7.20. The summed E-state index contributed by atoms with van der Waals surface area (Å²) in [4.78, 5) is 0. The zero-order valence-electron chi connectivity index (χ0n) is 10.0. The summed E-state index contributed by atoms with van der Waals surface area (Å²) in [5.41, 5.74) is 0. The van der Waals surface area contributed by atoms with E-state index in [1.807, 2.05) is 0 Å². The average molecular weight is 215 g/mol. The van der Waals surface area contributed by atoms with Gasteiger partial charge in [-0.2, -0.15) is 0 Å². The van der Waals surface area contributed by atoms with Crippen LogP contribution in [0, 0.1) is 11.8 Å². The van der Waals surface area contributed by atoms with Gasteiger partial charge in [-0.3, -0.25) is 0 Å². The SMILES string of the molecule is CC(C)CCNCC(O)COCC1CC1. The minimum absolute atomic E-state index is 0.351. The molecule has 0 aromatic rings. The third-order valence-electron chi connectivity index (χ3n) is 2.64. The van der Waals surface area contributed by atoms with Gasteiger partial charge in [0.2, 0.25) is 0 Å². The zero-order chi connectivity index (χ0) is 11.1. The second-order valence-corrected chi connectivity index (χ2v) is 5.02. The van der Waals surface area contributed by atoms with Crippen molar-refractivity contribution in [3.05, 3.63) is 0 Å². The van der Waals surface area contributed by atoms with Crippen molar-refractivity contribution in [2.75, 3.05) is 26.3 Å². The van der Waals surface area contributed by atoms with Crippen LogP contribution in [0.1, 0.15) is 33.1 Å². The van der Waals surface area contributed by atoms with Crippen LogP contribution in [-0.2, 0) is 4.74 Å². The van der Waals surface area contributed by atoms with Crippen LogP contribution < -0.4 is 5.32 Å². The summed E-state index contributed by atoms with van der Waals surface area (Å²) < 4.78 is 5.41. The molecule has 0 bridgehead atoms. The van der Waals surface area contributed by atoms with Crippen molar-refractivity contribution in [1.29, 1.82) is 0 Å². The highest BCUT2D eigenvalue weighted by Crippen LogP contribution is 2.28.